The van der Waals surface area contributed by atoms with E-state index in [1.807, 2.05) is 18.2 Å². The maximum atomic E-state index is 13.1. The third-order valence-corrected chi connectivity index (χ3v) is 4.79. The average molecular weight is 426 g/mol. The van der Waals surface area contributed by atoms with Gasteiger partial charge in [0.2, 0.25) is 0 Å². The monoisotopic (exact) mass is 425 g/mol. The maximum absolute atomic E-state index is 13.1. The van der Waals surface area contributed by atoms with Gasteiger partial charge in [0.05, 0.1) is 23.6 Å². The van der Waals surface area contributed by atoms with Gasteiger partial charge >= 0.3 is 0 Å². The topological polar surface area (TPSA) is 81.4 Å². The second-order valence-corrected chi connectivity index (χ2v) is 7.03. The van der Waals surface area contributed by atoms with Crippen LogP contribution in [0.1, 0.15) is 21.9 Å². The fraction of sp³-hybridized carbons (Fsp3) is 0.143. The number of nitrogens with zero attached hydrogens (tertiary/aromatic N) is 4. The van der Waals surface area contributed by atoms with Crippen molar-refractivity contribution < 1.29 is 13.9 Å². The number of methoxy groups -OCH3 is 1. The minimum atomic E-state index is -0.471. The van der Waals surface area contributed by atoms with Crippen molar-refractivity contribution in [3.8, 4) is 11.1 Å². The van der Waals surface area contributed by atoms with E-state index in [1.165, 1.54) is 24.3 Å². The SMILES string of the molecule is COCc1nn2c(C)c(C(=O)Nc3ccc(F)cc3)nnc2c1-c1cccc(Cl)c1. The van der Waals surface area contributed by atoms with E-state index in [0.29, 0.717) is 27.7 Å². The quantitative estimate of drug-likeness (QED) is 0.515. The predicted octanol–water partition coefficient (Wildman–Crippen LogP) is 4.29. The first-order valence-electron chi connectivity index (χ1n) is 9.04. The van der Waals surface area contributed by atoms with Gasteiger partial charge in [0.1, 0.15) is 5.82 Å². The van der Waals surface area contributed by atoms with E-state index in [-0.39, 0.29) is 18.1 Å². The zero-order chi connectivity index (χ0) is 21.3. The van der Waals surface area contributed by atoms with Crippen molar-refractivity contribution in [3.05, 3.63) is 76.5 Å². The molecule has 2 aromatic heterocycles. The molecule has 0 saturated heterocycles. The predicted molar refractivity (Wildman–Crippen MR) is 111 cm³/mol. The number of benzene rings is 2. The summed E-state index contributed by atoms with van der Waals surface area (Å²) in [4.78, 5) is 12.7. The second-order valence-electron chi connectivity index (χ2n) is 6.60. The Hall–Kier alpha value is -3.36. The number of hydrogen-bond acceptors (Lipinski definition) is 5. The van der Waals surface area contributed by atoms with Crippen LogP contribution in [0.3, 0.4) is 0 Å². The maximum Gasteiger partial charge on any atom is 0.278 e. The van der Waals surface area contributed by atoms with Crippen LogP contribution in [0.15, 0.2) is 48.5 Å². The van der Waals surface area contributed by atoms with Gasteiger partial charge in [-0.1, -0.05) is 23.7 Å². The molecule has 152 valence electrons. The van der Waals surface area contributed by atoms with E-state index in [9.17, 15) is 9.18 Å². The number of aromatic nitrogens is 4. The van der Waals surface area contributed by atoms with Crippen LogP contribution in [-0.4, -0.2) is 32.8 Å². The van der Waals surface area contributed by atoms with Crippen LogP contribution in [-0.2, 0) is 11.3 Å². The average Bonchev–Trinajstić information content (AvgIpc) is 3.09. The Balaban J connectivity index is 1.79. The van der Waals surface area contributed by atoms with Crippen molar-refractivity contribution in [2.45, 2.75) is 13.5 Å². The van der Waals surface area contributed by atoms with Gasteiger partial charge in [-0.2, -0.15) is 5.10 Å². The molecule has 0 aliphatic heterocycles. The second kappa shape index (κ2) is 8.17. The molecule has 0 bridgehead atoms. The van der Waals surface area contributed by atoms with E-state index in [0.717, 1.165) is 11.1 Å². The summed E-state index contributed by atoms with van der Waals surface area (Å²) in [6.45, 7) is 1.98. The van der Waals surface area contributed by atoms with Crippen molar-refractivity contribution >= 4 is 28.8 Å². The molecule has 0 aliphatic carbocycles. The Morgan fingerprint density at radius 3 is 2.67 bits per heavy atom. The zero-order valence-corrected chi connectivity index (χ0v) is 16.9. The summed E-state index contributed by atoms with van der Waals surface area (Å²) in [5.41, 5.74) is 3.75. The molecule has 2 heterocycles. The molecule has 30 heavy (non-hydrogen) atoms. The molecule has 9 heteroatoms. The van der Waals surface area contributed by atoms with Gasteiger partial charge in [-0.3, -0.25) is 4.79 Å². The lowest BCUT2D eigenvalue weighted by molar-refractivity contribution is 0.102. The minimum Gasteiger partial charge on any atom is -0.378 e. The molecule has 2 aromatic carbocycles. The molecule has 0 fully saturated rings. The van der Waals surface area contributed by atoms with Crippen molar-refractivity contribution in [3.63, 3.8) is 0 Å². The van der Waals surface area contributed by atoms with E-state index in [2.05, 4.69) is 20.6 Å². The summed E-state index contributed by atoms with van der Waals surface area (Å²) in [5.74, 6) is -0.859. The molecule has 0 atom stereocenters. The van der Waals surface area contributed by atoms with E-state index in [1.54, 1.807) is 24.6 Å². The molecule has 0 spiro atoms. The largest absolute Gasteiger partial charge is 0.378 e. The van der Waals surface area contributed by atoms with Gasteiger partial charge in [0.15, 0.2) is 11.3 Å². The van der Waals surface area contributed by atoms with E-state index < -0.39 is 5.91 Å². The van der Waals surface area contributed by atoms with Crippen molar-refractivity contribution in [2.24, 2.45) is 0 Å². The highest BCUT2D eigenvalue weighted by Crippen LogP contribution is 2.30. The Morgan fingerprint density at radius 2 is 1.97 bits per heavy atom. The van der Waals surface area contributed by atoms with E-state index >= 15 is 0 Å². The minimum absolute atomic E-state index is 0.107. The van der Waals surface area contributed by atoms with Crippen LogP contribution in [0.5, 0.6) is 0 Å². The molecule has 0 unspecified atom stereocenters. The highest BCUT2D eigenvalue weighted by molar-refractivity contribution is 6.30. The summed E-state index contributed by atoms with van der Waals surface area (Å²) in [5, 5.41) is 16.2. The first-order chi connectivity index (χ1) is 14.5. The van der Waals surface area contributed by atoms with Crippen LogP contribution >= 0.6 is 11.6 Å². The van der Waals surface area contributed by atoms with Crippen molar-refractivity contribution in [1.82, 2.24) is 19.8 Å². The Kier molecular flexibility index (Phi) is 5.43. The number of halogens is 2. The van der Waals surface area contributed by atoms with Gasteiger partial charge in [-0.15, -0.1) is 10.2 Å². The fourth-order valence-electron chi connectivity index (χ4n) is 3.16. The van der Waals surface area contributed by atoms with Crippen LogP contribution in [0.4, 0.5) is 10.1 Å². The molecular formula is C21H17ClFN5O2. The smallest absolute Gasteiger partial charge is 0.278 e. The number of aryl methyl sites for hydroxylation is 1. The number of rotatable bonds is 5. The van der Waals surface area contributed by atoms with Crippen LogP contribution in [0, 0.1) is 12.7 Å². The Morgan fingerprint density at radius 1 is 1.20 bits per heavy atom. The number of amides is 1. The number of hydrogen-bond donors (Lipinski definition) is 1. The highest BCUT2D eigenvalue weighted by Gasteiger charge is 2.22. The molecule has 0 saturated carbocycles. The molecule has 7 nitrogen and oxygen atoms in total. The molecule has 1 amide bonds. The standard InChI is InChI=1S/C21H17ClFN5O2/c1-12-19(21(29)24-16-8-6-15(23)7-9-16)25-26-20-18(13-4-3-5-14(22)10-13)17(11-30-2)27-28(12)20/h3-10H,11H2,1-2H3,(H,24,29). The molecule has 1 N–H and O–H groups in total. The number of anilines is 1. The lowest BCUT2D eigenvalue weighted by Gasteiger charge is -2.08. The molecular weight excluding hydrogens is 409 g/mol. The van der Waals surface area contributed by atoms with Gasteiger partial charge in [0, 0.05) is 17.8 Å². The van der Waals surface area contributed by atoms with Gasteiger partial charge in [-0.25, -0.2) is 8.91 Å². The van der Waals surface area contributed by atoms with Gasteiger partial charge in [-0.05, 0) is 48.9 Å². The van der Waals surface area contributed by atoms with E-state index in [4.69, 9.17) is 16.3 Å². The third-order valence-electron chi connectivity index (χ3n) is 4.55. The lowest BCUT2D eigenvalue weighted by Crippen LogP contribution is -2.18. The molecule has 0 aliphatic rings. The van der Waals surface area contributed by atoms with Gasteiger partial charge < -0.3 is 10.1 Å². The number of carbonyl (C=O) groups is 1. The van der Waals surface area contributed by atoms with Crippen LogP contribution < -0.4 is 5.32 Å². The summed E-state index contributed by atoms with van der Waals surface area (Å²) in [6.07, 6.45) is 0. The third kappa shape index (κ3) is 3.74. The number of nitrogens with one attached hydrogen (secondary N) is 1. The first kappa shape index (κ1) is 19.9. The lowest BCUT2D eigenvalue weighted by atomic mass is 10.1. The summed E-state index contributed by atoms with van der Waals surface area (Å²) in [6, 6.07) is 12.8. The van der Waals surface area contributed by atoms with Crippen molar-refractivity contribution in [2.75, 3.05) is 12.4 Å². The number of ether oxygens (including phenoxy) is 1. The van der Waals surface area contributed by atoms with Gasteiger partial charge in [0.25, 0.3) is 5.91 Å². The van der Waals surface area contributed by atoms with Crippen LogP contribution in [0.2, 0.25) is 5.02 Å². The molecule has 0 radical (unpaired) electrons. The Labute approximate surface area is 176 Å². The summed E-state index contributed by atoms with van der Waals surface area (Å²) in [7, 11) is 1.58. The molecule has 4 rings (SSSR count). The number of fused-ring (bicyclic) bond motifs is 1. The van der Waals surface area contributed by atoms with Crippen molar-refractivity contribution in [1.29, 1.82) is 0 Å². The summed E-state index contributed by atoms with van der Waals surface area (Å²) >= 11 is 6.16. The highest BCUT2D eigenvalue weighted by atomic mass is 35.5. The van der Waals surface area contributed by atoms with Crippen LogP contribution in [0.25, 0.3) is 16.8 Å². The molecule has 4 aromatic rings. The number of carbonyl (C=O) groups excluding carboxylic acids is 1. The normalized spacial score (nSPS) is 11.1. The Bertz CT molecular complexity index is 1240. The zero-order valence-electron chi connectivity index (χ0n) is 16.2. The summed E-state index contributed by atoms with van der Waals surface area (Å²) < 4.78 is 19.9. The fourth-order valence-corrected chi connectivity index (χ4v) is 3.35. The first-order valence-corrected chi connectivity index (χ1v) is 9.42.